The number of carbonyl (C=O) groups excluding carboxylic acids is 1. The van der Waals surface area contributed by atoms with Crippen molar-refractivity contribution in [2.24, 2.45) is 11.8 Å². The minimum Gasteiger partial charge on any atom is -0.378 e. The molecule has 3 rings (SSSR count). The number of morpholine rings is 1. The first-order chi connectivity index (χ1) is 12.1. The summed E-state index contributed by atoms with van der Waals surface area (Å²) in [5, 5.41) is 6.26. The van der Waals surface area contributed by atoms with E-state index in [9.17, 15) is 4.79 Å². The van der Waals surface area contributed by atoms with Crippen LogP contribution in [0.3, 0.4) is 0 Å². The Morgan fingerprint density at radius 3 is 2.64 bits per heavy atom. The van der Waals surface area contributed by atoms with E-state index >= 15 is 0 Å². The Kier molecular flexibility index (Phi) is 6.45. The van der Waals surface area contributed by atoms with Crippen LogP contribution >= 0.6 is 0 Å². The van der Waals surface area contributed by atoms with Gasteiger partial charge >= 0.3 is 0 Å². The fourth-order valence-electron chi connectivity index (χ4n) is 4.09. The molecule has 138 valence electrons. The Labute approximate surface area is 151 Å². The van der Waals surface area contributed by atoms with Crippen molar-refractivity contribution in [3.8, 4) is 0 Å². The number of ether oxygens (including phenoxy) is 1. The van der Waals surface area contributed by atoms with Gasteiger partial charge in [0.15, 0.2) is 0 Å². The van der Waals surface area contributed by atoms with Crippen LogP contribution in [0, 0.1) is 11.8 Å². The third-order valence-electron chi connectivity index (χ3n) is 5.15. The molecule has 2 saturated heterocycles. The molecule has 5 heteroatoms. The average Bonchev–Trinajstić information content (AvgIpc) is 2.60. The van der Waals surface area contributed by atoms with Gasteiger partial charge in [-0.25, -0.2) is 0 Å². The van der Waals surface area contributed by atoms with Crippen LogP contribution in [0.4, 0.5) is 0 Å². The summed E-state index contributed by atoms with van der Waals surface area (Å²) in [5.74, 6) is 1.54. The van der Waals surface area contributed by atoms with Crippen LogP contribution in [0.1, 0.15) is 31.4 Å². The van der Waals surface area contributed by atoms with Gasteiger partial charge in [-0.1, -0.05) is 38.1 Å². The normalized spacial score (nSPS) is 27.8. The quantitative estimate of drug-likeness (QED) is 0.854. The molecule has 0 aromatic heterocycles. The SMILES string of the molecule is CC1CC(C)CN(Cc2ccccc2CNC(=O)C2COCCN2)C1. The molecule has 0 radical (unpaired) electrons. The Morgan fingerprint density at radius 1 is 1.24 bits per heavy atom. The Balaban J connectivity index is 1.57. The van der Waals surface area contributed by atoms with Crippen LogP contribution in [0.15, 0.2) is 24.3 Å². The van der Waals surface area contributed by atoms with Gasteiger partial charge < -0.3 is 15.4 Å². The van der Waals surface area contributed by atoms with Crippen molar-refractivity contribution in [2.75, 3.05) is 32.8 Å². The smallest absolute Gasteiger partial charge is 0.239 e. The lowest BCUT2D eigenvalue weighted by molar-refractivity contribution is -0.126. The summed E-state index contributed by atoms with van der Waals surface area (Å²) in [4.78, 5) is 14.8. The fourth-order valence-corrected chi connectivity index (χ4v) is 4.09. The Morgan fingerprint density at radius 2 is 1.96 bits per heavy atom. The van der Waals surface area contributed by atoms with E-state index in [4.69, 9.17) is 4.74 Å². The summed E-state index contributed by atoms with van der Waals surface area (Å²) in [7, 11) is 0. The molecular weight excluding hydrogens is 314 g/mol. The van der Waals surface area contributed by atoms with E-state index in [1.807, 2.05) is 0 Å². The first kappa shape index (κ1) is 18.4. The molecule has 1 amide bonds. The monoisotopic (exact) mass is 345 g/mol. The van der Waals surface area contributed by atoms with Crippen molar-refractivity contribution in [1.82, 2.24) is 15.5 Å². The van der Waals surface area contributed by atoms with Gasteiger partial charge in [-0.05, 0) is 29.4 Å². The third-order valence-corrected chi connectivity index (χ3v) is 5.15. The zero-order valence-electron chi connectivity index (χ0n) is 15.5. The van der Waals surface area contributed by atoms with E-state index in [-0.39, 0.29) is 11.9 Å². The number of nitrogens with zero attached hydrogens (tertiary/aromatic N) is 1. The molecule has 0 bridgehead atoms. The van der Waals surface area contributed by atoms with Crippen LogP contribution in [0.2, 0.25) is 0 Å². The number of likely N-dealkylation sites (tertiary alicyclic amines) is 1. The van der Waals surface area contributed by atoms with E-state index in [1.165, 1.54) is 17.5 Å². The van der Waals surface area contributed by atoms with Crippen LogP contribution in [0.5, 0.6) is 0 Å². The molecule has 2 N–H and O–H groups in total. The molecule has 25 heavy (non-hydrogen) atoms. The molecule has 2 fully saturated rings. The van der Waals surface area contributed by atoms with E-state index in [0.29, 0.717) is 19.8 Å². The van der Waals surface area contributed by atoms with Crippen molar-refractivity contribution in [2.45, 2.75) is 39.4 Å². The average molecular weight is 345 g/mol. The number of carbonyl (C=O) groups is 1. The van der Waals surface area contributed by atoms with Crippen molar-refractivity contribution in [3.05, 3.63) is 35.4 Å². The van der Waals surface area contributed by atoms with Crippen molar-refractivity contribution >= 4 is 5.91 Å². The molecule has 3 unspecified atom stereocenters. The number of piperidine rings is 1. The molecule has 2 aliphatic heterocycles. The molecule has 1 aromatic rings. The lowest BCUT2D eigenvalue weighted by atomic mass is 9.91. The van der Waals surface area contributed by atoms with E-state index in [1.54, 1.807) is 0 Å². The van der Waals surface area contributed by atoms with E-state index in [2.05, 4.69) is 53.6 Å². The number of amides is 1. The predicted molar refractivity (Wildman–Crippen MR) is 99.1 cm³/mol. The molecule has 5 nitrogen and oxygen atoms in total. The van der Waals surface area contributed by atoms with Gasteiger partial charge in [0.2, 0.25) is 5.91 Å². The summed E-state index contributed by atoms with van der Waals surface area (Å²) in [6, 6.07) is 8.22. The minimum absolute atomic E-state index is 0.0229. The minimum atomic E-state index is -0.232. The first-order valence-corrected chi connectivity index (χ1v) is 9.50. The van der Waals surface area contributed by atoms with Gasteiger partial charge in [-0.15, -0.1) is 0 Å². The van der Waals surface area contributed by atoms with Crippen LogP contribution < -0.4 is 10.6 Å². The number of hydrogen-bond acceptors (Lipinski definition) is 4. The standard InChI is InChI=1S/C20H31N3O2/c1-15-9-16(2)12-23(11-15)13-18-6-4-3-5-17(18)10-22-20(24)19-14-25-8-7-21-19/h3-6,15-16,19,21H,7-14H2,1-2H3,(H,22,24). The van der Waals surface area contributed by atoms with Crippen LogP contribution in [0.25, 0.3) is 0 Å². The van der Waals surface area contributed by atoms with Crippen molar-refractivity contribution in [1.29, 1.82) is 0 Å². The summed E-state index contributed by atoms with van der Waals surface area (Å²) in [6.07, 6.45) is 1.32. The summed E-state index contributed by atoms with van der Waals surface area (Å²) < 4.78 is 5.37. The van der Waals surface area contributed by atoms with Gasteiger partial charge in [0, 0.05) is 32.7 Å². The van der Waals surface area contributed by atoms with E-state index < -0.39 is 0 Å². The maximum absolute atomic E-state index is 12.3. The second kappa shape index (κ2) is 8.79. The zero-order valence-corrected chi connectivity index (χ0v) is 15.5. The van der Waals surface area contributed by atoms with Crippen LogP contribution in [-0.4, -0.2) is 49.7 Å². The maximum atomic E-state index is 12.3. The summed E-state index contributed by atoms with van der Waals surface area (Å²) in [6.45, 7) is 10.4. The maximum Gasteiger partial charge on any atom is 0.239 e. The highest BCUT2D eigenvalue weighted by Crippen LogP contribution is 2.23. The first-order valence-electron chi connectivity index (χ1n) is 9.50. The zero-order chi connectivity index (χ0) is 17.6. The molecule has 0 saturated carbocycles. The second-order valence-electron chi connectivity index (χ2n) is 7.71. The van der Waals surface area contributed by atoms with Crippen molar-refractivity contribution < 1.29 is 9.53 Å². The third kappa shape index (κ3) is 5.27. The lowest BCUT2D eigenvalue weighted by Gasteiger charge is -2.35. The predicted octanol–water partition coefficient (Wildman–Crippen LogP) is 1.77. The largest absolute Gasteiger partial charge is 0.378 e. The van der Waals surface area contributed by atoms with Gasteiger partial charge in [-0.3, -0.25) is 9.69 Å². The molecule has 0 spiro atoms. The fraction of sp³-hybridized carbons (Fsp3) is 0.650. The van der Waals surface area contributed by atoms with Crippen molar-refractivity contribution in [3.63, 3.8) is 0 Å². The topological polar surface area (TPSA) is 53.6 Å². The molecule has 2 heterocycles. The highest BCUT2D eigenvalue weighted by Gasteiger charge is 2.23. The van der Waals surface area contributed by atoms with Gasteiger partial charge in [-0.2, -0.15) is 0 Å². The number of nitrogens with one attached hydrogen (secondary N) is 2. The Bertz CT molecular complexity index is 562. The molecule has 3 atom stereocenters. The van der Waals surface area contributed by atoms with Gasteiger partial charge in [0.05, 0.1) is 13.2 Å². The number of hydrogen-bond donors (Lipinski definition) is 2. The van der Waals surface area contributed by atoms with Crippen LogP contribution in [-0.2, 0) is 22.6 Å². The summed E-state index contributed by atoms with van der Waals surface area (Å²) in [5.41, 5.74) is 2.52. The van der Waals surface area contributed by atoms with E-state index in [0.717, 1.165) is 38.0 Å². The molecule has 1 aromatic carbocycles. The highest BCUT2D eigenvalue weighted by molar-refractivity contribution is 5.82. The second-order valence-corrected chi connectivity index (χ2v) is 7.71. The van der Waals surface area contributed by atoms with Gasteiger partial charge in [0.25, 0.3) is 0 Å². The number of rotatable bonds is 5. The lowest BCUT2D eigenvalue weighted by Crippen LogP contribution is -2.51. The highest BCUT2D eigenvalue weighted by atomic mass is 16.5. The summed E-state index contributed by atoms with van der Waals surface area (Å²) >= 11 is 0. The number of benzene rings is 1. The Hall–Kier alpha value is -1.43. The van der Waals surface area contributed by atoms with Gasteiger partial charge in [0.1, 0.15) is 6.04 Å². The molecular formula is C20H31N3O2. The molecule has 2 aliphatic rings. The molecule has 0 aliphatic carbocycles.